The van der Waals surface area contributed by atoms with Crippen molar-refractivity contribution in [3.8, 4) is 0 Å². The maximum atomic E-state index is 11.6. The molecule has 0 aromatic heterocycles. The molecule has 0 amide bonds. The van der Waals surface area contributed by atoms with Gasteiger partial charge in [0, 0.05) is 13.1 Å². The van der Waals surface area contributed by atoms with E-state index in [1.54, 1.807) is 0 Å². The van der Waals surface area contributed by atoms with Crippen LogP contribution in [0.5, 0.6) is 0 Å². The van der Waals surface area contributed by atoms with E-state index < -0.39 is 12.1 Å². The van der Waals surface area contributed by atoms with Crippen molar-refractivity contribution in [2.45, 2.75) is 39.0 Å². The number of rotatable bonds is 9. The van der Waals surface area contributed by atoms with E-state index in [0.29, 0.717) is 13.1 Å². The Morgan fingerprint density at radius 2 is 0.824 bits per heavy atom. The fraction of sp³-hybridized carbons (Fsp3) is 0.200. The lowest BCUT2D eigenvalue weighted by atomic mass is 9.87. The quantitative estimate of drug-likeness (QED) is 0.272. The highest BCUT2D eigenvalue weighted by molar-refractivity contribution is 5.36. The van der Waals surface area contributed by atoms with Gasteiger partial charge in [0.15, 0.2) is 0 Å². The number of hydrogen-bond donors (Lipinski definition) is 2. The Morgan fingerprint density at radius 1 is 0.500 bits per heavy atom. The summed E-state index contributed by atoms with van der Waals surface area (Å²) in [5.74, 6) is 0. The summed E-state index contributed by atoms with van der Waals surface area (Å²) in [7, 11) is 0. The molecule has 174 valence electrons. The molecule has 0 saturated heterocycles. The zero-order valence-corrected chi connectivity index (χ0v) is 19.8. The molecule has 2 N–H and O–H groups in total. The van der Waals surface area contributed by atoms with Crippen LogP contribution in [0.2, 0.25) is 0 Å². The van der Waals surface area contributed by atoms with Crippen LogP contribution in [0, 0.1) is 13.8 Å². The van der Waals surface area contributed by atoms with Crippen LogP contribution in [0.1, 0.15) is 45.5 Å². The number of nitrogens with zero attached hydrogens (tertiary/aromatic N) is 2. The second-order valence-electron chi connectivity index (χ2n) is 8.77. The number of aryl methyl sites for hydroxylation is 2. The van der Waals surface area contributed by atoms with Gasteiger partial charge in [0.25, 0.3) is 0 Å². The van der Waals surface area contributed by atoms with Crippen molar-refractivity contribution in [3.05, 3.63) is 143 Å². The summed E-state index contributed by atoms with van der Waals surface area (Å²) < 4.78 is 0. The van der Waals surface area contributed by atoms with Crippen LogP contribution >= 0.6 is 0 Å². The Kier molecular flexibility index (Phi) is 7.88. The van der Waals surface area contributed by atoms with Crippen molar-refractivity contribution >= 4 is 0 Å². The van der Waals surface area contributed by atoms with Gasteiger partial charge in [0.2, 0.25) is 0 Å². The van der Waals surface area contributed by atoms with E-state index in [0.717, 1.165) is 33.4 Å². The first kappa shape index (κ1) is 23.9. The molecule has 0 spiro atoms. The Hall–Kier alpha value is -3.28. The van der Waals surface area contributed by atoms with Gasteiger partial charge in [-0.25, -0.2) is 0 Å². The van der Waals surface area contributed by atoms with E-state index in [2.05, 4.69) is 0 Å². The van der Waals surface area contributed by atoms with Gasteiger partial charge < -0.3 is 10.4 Å². The van der Waals surface area contributed by atoms with Crippen molar-refractivity contribution in [1.82, 2.24) is 10.1 Å². The van der Waals surface area contributed by atoms with Gasteiger partial charge in [0.05, 0.1) is 12.1 Å². The lowest BCUT2D eigenvalue weighted by Gasteiger charge is -2.39. The van der Waals surface area contributed by atoms with Crippen molar-refractivity contribution in [2.75, 3.05) is 0 Å². The highest BCUT2D eigenvalue weighted by atomic mass is 16.5. The minimum absolute atomic E-state index is 0.335. The van der Waals surface area contributed by atoms with Crippen molar-refractivity contribution in [2.24, 2.45) is 0 Å². The molecule has 0 aliphatic heterocycles. The van der Waals surface area contributed by atoms with Crippen LogP contribution < -0.4 is 0 Å². The summed E-state index contributed by atoms with van der Waals surface area (Å²) in [4.78, 5) is 0. The van der Waals surface area contributed by atoms with E-state index in [4.69, 9.17) is 0 Å². The second kappa shape index (κ2) is 11.2. The smallest absolute Gasteiger partial charge is 0.0826 e. The van der Waals surface area contributed by atoms with Crippen LogP contribution in [0.3, 0.4) is 0 Å². The van der Waals surface area contributed by atoms with Gasteiger partial charge in [0.1, 0.15) is 0 Å². The number of benzene rings is 4. The standard InChI is InChI=1S/C30H32N2O2/c1-23-13-9-11-19-27(23)29(31(33)21-25-15-5-3-6-16-25)30(28-20-12-10-14-24(28)2)32(34)22-26-17-7-4-8-18-26/h3-20,29-30,33-34H,21-22H2,1-2H3. The van der Waals surface area contributed by atoms with Crippen molar-refractivity contribution < 1.29 is 10.4 Å². The molecule has 34 heavy (non-hydrogen) atoms. The fourth-order valence-electron chi connectivity index (χ4n) is 4.56. The van der Waals surface area contributed by atoms with E-state index in [9.17, 15) is 10.4 Å². The molecule has 4 rings (SSSR count). The summed E-state index contributed by atoms with van der Waals surface area (Å²) in [6.07, 6.45) is 0. The summed E-state index contributed by atoms with van der Waals surface area (Å²) in [5, 5.41) is 25.9. The Labute approximate surface area is 202 Å². The van der Waals surface area contributed by atoms with Crippen LogP contribution in [0.15, 0.2) is 109 Å². The largest absolute Gasteiger partial charge is 0.313 e. The zero-order valence-electron chi connectivity index (χ0n) is 19.8. The minimum Gasteiger partial charge on any atom is -0.313 e. The Balaban J connectivity index is 1.81. The van der Waals surface area contributed by atoms with Crippen LogP contribution in [0.4, 0.5) is 0 Å². The number of hydroxylamine groups is 4. The Bertz CT molecular complexity index is 1090. The van der Waals surface area contributed by atoms with Gasteiger partial charge in [-0.15, -0.1) is 0 Å². The maximum absolute atomic E-state index is 11.6. The SMILES string of the molecule is Cc1ccccc1C(C(c1ccccc1C)N(O)Cc1ccccc1)N(O)Cc1ccccc1. The van der Waals surface area contributed by atoms with Crippen molar-refractivity contribution in [1.29, 1.82) is 0 Å². The summed E-state index contributed by atoms with van der Waals surface area (Å²) in [6, 6.07) is 35.0. The number of hydrogen-bond acceptors (Lipinski definition) is 4. The Morgan fingerprint density at radius 3 is 1.18 bits per heavy atom. The molecule has 0 aliphatic carbocycles. The topological polar surface area (TPSA) is 46.9 Å². The lowest BCUT2D eigenvalue weighted by molar-refractivity contribution is -0.212. The molecule has 4 aromatic carbocycles. The molecule has 4 aromatic rings. The van der Waals surface area contributed by atoms with Gasteiger partial charge in [-0.2, -0.15) is 10.1 Å². The minimum atomic E-state index is -0.504. The maximum Gasteiger partial charge on any atom is 0.0826 e. The first-order valence-electron chi connectivity index (χ1n) is 11.6. The molecule has 2 atom stereocenters. The van der Waals surface area contributed by atoms with E-state index in [-0.39, 0.29) is 0 Å². The molecular formula is C30H32N2O2. The average molecular weight is 453 g/mol. The first-order chi connectivity index (χ1) is 16.5. The zero-order chi connectivity index (χ0) is 23.9. The third kappa shape index (κ3) is 5.61. The van der Waals surface area contributed by atoms with E-state index >= 15 is 0 Å². The molecular weight excluding hydrogens is 420 g/mol. The van der Waals surface area contributed by atoms with Crippen LogP contribution in [-0.2, 0) is 13.1 Å². The molecule has 0 heterocycles. The molecule has 0 fully saturated rings. The molecule has 4 nitrogen and oxygen atoms in total. The van der Waals surface area contributed by atoms with E-state index in [1.807, 2.05) is 123 Å². The molecule has 0 bridgehead atoms. The highest BCUT2D eigenvalue weighted by Gasteiger charge is 2.35. The molecule has 4 heteroatoms. The molecule has 0 aliphatic rings. The summed E-state index contributed by atoms with van der Waals surface area (Å²) >= 11 is 0. The summed E-state index contributed by atoms with van der Waals surface area (Å²) in [6.45, 7) is 4.77. The van der Waals surface area contributed by atoms with Gasteiger partial charge in [-0.05, 0) is 47.2 Å². The van der Waals surface area contributed by atoms with Gasteiger partial charge >= 0.3 is 0 Å². The molecule has 0 saturated carbocycles. The third-order valence-corrected chi connectivity index (χ3v) is 6.33. The first-order valence-corrected chi connectivity index (χ1v) is 11.6. The summed E-state index contributed by atoms with van der Waals surface area (Å²) in [5.41, 5.74) is 6.07. The average Bonchev–Trinajstić information content (AvgIpc) is 2.85. The predicted molar refractivity (Wildman–Crippen MR) is 135 cm³/mol. The molecule has 2 unspecified atom stereocenters. The van der Waals surface area contributed by atoms with Crippen LogP contribution in [-0.4, -0.2) is 20.5 Å². The van der Waals surface area contributed by atoms with Crippen molar-refractivity contribution in [3.63, 3.8) is 0 Å². The van der Waals surface area contributed by atoms with Gasteiger partial charge in [-0.3, -0.25) is 0 Å². The second-order valence-corrected chi connectivity index (χ2v) is 8.77. The normalized spacial score (nSPS) is 13.2. The molecule has 0 radical (unpaired) electrons. The highest BCUT2D eigenvalue weighted by Crippen LogP contribution is 2.40. The predicted octanol–water partition coefficient (Wildman–Crippen LogP) is 6.87. The monoisotopic (exact) mass is 452 g/mol. The third-order valence-electron chi connectivity index (χ3n) is 6.33. The van der Waals surface area contributed by atoms with Crippen LogP contribution in [0.25, 0.3) is 0 Å². The fourth-order valence-corrected chi connectivity index (χ4v) is 4.56. The lowest BCUT2D eigenvalue weighted by Crippen LogP contribution is -2.38. The van der Waals surface area contributed by atoms with E-state index in [1.165, 1.54) is 10.1 Å². The van der Waals surface area contributed by atoms with Gasteiger partial charge in [-0.1, -0.05) is 109 Å².